The number of aliphatic hydroxyl groups is 27. The Labute approximate surface area is 732 Å². The Hall–Kier alpha value is -4.49. The molecule has 0 aliphatic carbocycles. The average molecular weight is 1890 g/mol. The summed E-state index contributed by atoms with van der Waals surface area (Å²) in [7, 11) is 0. The van der Waals surface area contributed by atoms with Gasteiger partial charge in [0.25, 0.3) is 6.47 Å². The molecule has 10 heterocycles. The van der Waals surface area contributed by atoms with E-state index in [1.165, 1.54) is 13.8 Å². The first kappa shape index (κ1) is 107. The van der Waals surface area contributed by atoms with Gasteiger partial charge in [-0.15, -0.1) is 0 Å². The van der Waals surface area contributed by atoms with Crippen LogP contribution in [0.25, 0.3) is 0 Å². The Balaban J connectivity index is 0.954. The Bertz CT molecular complexity index is 3520. The predicted octanol–water partition coefficient (Wildman–Crippen LogP) is -20.6. The van der Waals surface area contributed by atoms with Crippen molar-refractivity contribution in [1.29, 1.82) is 0 Å². The summed E-state index contributed by atoms with van der Waals surface area (Å²) in [5, 5.41) is 312. The van der Waals surface area contributed by atoms with Crippen LogP contribution >= 0.6 is 0 Å². The van der Waals surface area contributed by atoms with Crippen LogP contribution in [0.15, 0.2) is 0 Å². The Morgan fingerprint density at radius 3 is 1.07 bits per heavy atom. The predicted molar refractivity (Wildman–Crippen MR) is 399 cm³/mol. The molecule has 0 spiro atoms. The first-order valence-electron chi connectivity index (χ1n) is 41.4. The summed E-state index contributed by atoms with van der Waals surface area (Å²) in [6, 6.07) is -7.13. The molecule has 0 radical (unpaired) electrons. The van der Waals surface area contributed by atoms with Crippen molar-refractivity contribution in [1.82, 2.24) is 21.3 Å². The van der Waals surface area contributed by atoms with Gasteiger partial charge in [0.05, 0.1) is 96.8 Å². The summed E-state index contributed by atoms with van der Waals surface area (Å²) in [5.74, 6) is -7.25. The second-order valence-corrected chi connectivity index (χ2v) is 33.0. The molecule has 0 saturated carbocycles. The van der Waals surface area contributed by atoms with Gasteiger partial charge in [-0.3, -0.25) is 24.0 Å². The molecule has 129 heavy (non-hydrogen) atoms. The molecule has 56 nitrogen and oxygen atoms in total. The molecule has 56 heteroatoms. The van der Waals surface area contributed by atoms with E-state index in [0.29, 0.717) is 0 Å². The lowest BCUT2D eigenvalue weighted by atomic mass is 9.87. The fourth-order valence-electron chi connectivity index (χ4n) is 16.9. The van der Waals surface area contributed by atoms with Crippen molar-refractivity contribution >= 4 is 30.1 Å². The second kappa shape index (κ2) is 46.6. The van der Waals surface area contributed by atoms with Crippen molar-refractivity contribution in [3.8, 4) is 0 Å². The molecule has 0 aromatic heterocycles. The van der Waals surface area contributed by atoms with Gasteiger partial charge in [-0.2, -0.15) is 0 Å². The van der Waals surface area contributed by atoms with E-state index in [2.05, 4.69) is 21.3 Å². The lowest BCUT2D eigenvalue weighted by Gasteiger charge is -2.51. The summed E-state index contributed by atoms with van der Waals surface area (Å²) in [5.41, 5.74) is 0. The number of carbonyl (C=O) groups is 5. The van der Waals surface area contributed by atoms with Gasteiger partial charge in [-0.1, -0.05) is 6.92 Å². The molecule has 10 aliphatic rings. The minimum atomic E-state index is -2.66. The fourth-order valence-corrected chi connectivity index (χ4v) is 16.9. The van der Waals surface area contributed by atoms with Crippen molar-refractivity contribution in [2.45, 2.75) is 354 Å². The number of hydrogen-bond acceptors (Lipinski definition) is 52. The monoisotopic (exact) mass is 1890 g/mol. The van der Waals surface area contributed by atoms with Crippen LogP contribution in [0.3, 0.4) is 0 Å². The van der Waals surface area contributed by atoms with Gasteiger partial charge in [-0.25, -0.2) is 0 Å². The molecule has 4 amide bonds. The minimum Gasteiger partial charge on any atom is -0.410 e. The minimum absolute atomic E-state index is 0.192. The van der Waals surface area contributed by atoms with Crippen LogP contribution in [0.5, 0.6) is 0 Å². The highest BCUT2D eigenvalue weighted by Crippen LogP contribution is 2.43. The highest BCUT2D eigenvalue weighted by molar-refractivity contribution is 5.74. The third-order valence-electron chi connectivity index (χ3n) is 24.0. The Morgan fingerprint density at radius 2 is 0.667 bits per heavy atom. The van der Waals surface area contributed by atoms with Crippen LogP contribution in [0.1, 0.15) is 48.0 Å². The molecule has 10 saturated heterocycles. The lowest BCUT2D eigenvalue weighted by Crippen LogP contribution is -2.71. The molecular formula is C73H122N4O52. The van der Waals surface area contributed by atoms with Gasteiger partial charge >= 0.3 is 5.97 Å². The zero-order valence-corrected chi connectivity index (χ0v) is 70.0. The number of nitrogens with one attached hydrogen (secondary N) is 4. The summed E-state index contributed by atoms with van der Waals surface area (Å²) in [4.78, 5) is 63.5. The molecule has 31 N–H and O–H groups in total. The van der Waals surface area contributed by atoms with Gasteiger partial charge in [-0.05, 0) is 6.92 Å². The zero-order chi connectivity index (χ0) is 95.1. The van der Waals surface area contributed by atoms with E-state index in [0.717, 1.165) is 27.7 Å². The summed E-state index contributed by atoms with van der Waals surface area (Å²) in [6.45, 7) is -4.52. The first-order valence-corrected chi connectivity index (χ1v) is 41.4. The highest BCUT2D eigenvalue weighted by Gasteiger charge is 2.62. The quantitative estimate of drug-likeness (QED) is 0.0205. The smallest absolute Gasteiger partial charge is 0.332 e. The van der Waals surface area contributed by atoms with E-state index in [9.17, 15) is 162 Å². The maximum absolute atomic E-state index is 13.2. The number of carbonyl (C=O) groups excluding carboxylic acids is 5. The maximum Gasteiger partial charge on any atom is 0.332 e. The molecule has 0 aromatic carbocycles. The van der Waals surface area contributed by atoms with Crippen molar-refractivity contribution in [2.24, 2.45) is 5.92 Å². The van der Waals surface area contributed by atoms with Gasteiger partial charge in [0, 0.05) is 33.6 Å². The Morgan fingerprint density at radius 1 is 0.349 bits per heavy atom. The molecule has 10 rings (SSSR count). The van der Waals surface area contributed by atoms with Gasteiger partial charge in [0.1, 0.15) is 226 Å². The molecule has 10 aliphatic heterocycles. The summed E-state index contributed by atoms with van der Waals surface area (Å²) >= 11 is 0. The molecule has 51 atom stereocenters. The summed E-state index contributed by atoms with van der Waals surface area (Å²) < 4.78 is 119. The van der Waals surface area contributed by atoms with E-state index in [1.54, 1.807) is 0 Å². The van der Waals surface area contributed by atoms with E-state index < -0.39 is 408 Å². The number of ether oxygens (including phenoxy) is 20. The number of aliphatic hydroxyl groups excluding tert-OH is 27. The maximum atomic E-state index is 13.2. The van der Waals surface area contributed by atoms with Crippen molar-refractivity contribution in [3.05, 3.63) is 0 Å². The molecule has 0 bridgehead atoms. The normalized spacial score (nSPS) is 48.1. The topological polar surface area (TPSA) is 864 Å². The van der Waals surface area contributed by atoms with E-state index in [-0.39, 0.29) is 6.47 Å². The standard InChI is InChI=1S/C73H122N4O52/c1-19-25(91)7-73(112-18-86,129-57(19)40(93)26(92)8-78)111-17-35-44(97)51(104)55(108)69(121-35)124-60-32(14-84)118-66(38(48(60)101)76-23(5)89)127-63-52(105)42(95)28(10-80)115-71(63)110-16-34-45(98)62(56(109)70(120-34)125-61-33(15-85)117-65(37(47(61)100)75-22(4)88)122-58-30(12-82)113-20(2)36(46(58)99)74-21(3)87)126-72-64(53(106)43(96)29(11-81)116-72)128-67-39(77-24(6)90)49(102)59(31(13-83)119-67)123-68-54(107)50(103)41(94)27(9-79)114-68/h18-20,25-72,78-85,91-109H,7-17H2,1-6H3,(H,74,87)(H,75,88)(H,76,89)(H,77,90)/t19-,20+,25?,26-,27?,28?,29-,30?,31?,32?,33?,34?,35?,36?,37?,38?,39?,40-,41+,42-,43-,44+,45-,46-,47-,48?,49-,50+,51+,52+,53?,54?,55?,56?,57?,58-,59-,60-,61-,62+,63?,64?,65+,66+,67+,68+,69+,70+,71+,72?,73+/m1/s1. The van der Waals surface area contributed by atoms with Crippen molar-refractivity contribution in [3.63, 3.8) is 0 Å². The third kappa shape index (κ3) is 23.9. The van der Waals surface area contributed by atoms with Crippen molar-refractivity contribution < 1.29 is 257 Å². The van der Waals surface area contributed by atoms with Crippen molar-refractivity contribution in [2.75, 3.05) is 66.1 Å². The number of hydrogen-bond donors (Lipinski definition) is 31. The van der Waals surface area contributed by atoms with E-state index in [4.69, 9.17) is 94.7 Å². The molecular weight excluding hydrogens is 1760 g/mol. The number of amides is 4. The summed E-state index contributed by atoms with van der Waals surface area (Å²) in [6.07, 6.45) is -93.9. The fraction of sp³-hybridized carbons (Fsp3) is 0.932. The molecule has 746 valence electrons. The van der Waals surface area contributed by atoms with Crippen LogP contribution in [0.4, 0.5) is 0 Å². The van der Waals surface area contributed by atoms with Gasteiger partial charge in [0.2, 0.25) is 23.6 Å². The van der Waals surface area contributed by atoms with Gasteiger partial charge < -0.3 is 254 Å². The van der Waals surface area contributed by atoms with E-state index in [1.807, 2.05) is 0 Å². The average Bonchev–Trinajstić information content (AvgIpc) is 0.804. The largest absolute Gasteiger partial charge is 0.410 e. The molecule has 10 fully saturated rings. The van der Waals surface area contributed by atoms with Gasteiger partial charge in [0.15, 0.2) is 50.3 Å². The molecule has 22 unspecified atom stereocenters. The van der Waals surface area contributed by atoms with Crippen LogP contribution in [0, 0.1) is 5.92 Å². The second-order valence-electron chi connectivity index (χ2n) is 33.0. The number of rotatable bonds is 36. The van der Waals surface area contributed by atoms with Crippen LogP contribution in [0.2, 0.25) is 0 Å². The van der Waals surface area contributed by atoms with Crippen LogP contribution in [-0.4, -0.2) is 540 Å². The van der Waals surface area contributed by atoms with E-state index >= 15 is 0 Å². The third-order valence-corrected chi connectivity index (χ3v) is 24.0. The molecule has 0 aromatic rings. The zero-order valence-electron chi connectivity index (χ0n) is 70.0. The SMILES string of the molecule is CC(=O)NC1C(O)[C@H](O[C@@H]2OC(CO[C@]3(OC=O)CC(O)[C@@H](C)C([C@H](O)[C@H](O)CO)O3)[C@H](O)[C@H](O)C2O)C(CO)O[C@H]1OC1[C@@H](OCC2O[C@@H](O[C@@H]3C(CO)O[C@@H](O[C@@H]4C(CO)O[C@@H](C)C(NC(C)=O)[C@H]4O)C(NC(C)=O)[C@H]3O)C(O)[C@@H](OC3O[C@H](CO)[C@@H](O)C(O)C3O[C@@H]3OC(CO)[C@@H](O[C@@H]4OC(CO)[C@H](O)[C@H](O)C4O)[C@H](O)C3NC(C)=O)[C@@H]2O)OC(CO)[C@@H](O)[C@@H]1O. The van der Waals surface area contributed by atoms with Crippen LogP contribution < -0.4 is 21.3 Å². The Kier molecular flexibility index (Phi) is 38.5. The van der Waals surface area contributed by atoms with Crippen LogP contribution in [-0.2, 0) is 119 Å². The lowest BCUT2D eigenvalue weighted by molar-refractivity contribution is -0.424. The highest BCUT2D eigenvalue weighted by atomic mass is 16.9. The first-order chi connectivity index (χ1) is 61.0.